The lowest BCUT2D eigenvalue weighted by atomic mass is 10.1. The van der Waals surface area contributed by atoms with Gasteiger partial charge in [-0.1, -0.05) is 23.8 Å². The molecule has 0 amide bonds. The molecule has 0 atom stereocenters. The van der Waals surface area contributed by atoms with Gasteiger partial charge < -0.3 is 5.73 Å². The van der Waals surface area contributed by atoms with Crippen LogP contribution < -0.4 is 5.73 Å². The number of nitrogens with two attached hydrogens (primary N) is 1. The number of nitrogens with zero attached hydrogens (tertiary/aromatic N) is 2. The fraction of sp³-hybridized carbons (Fsp3) is 0.300. The maximum absolute atomic E-state index is 10.8. The van der Waals surface area contributed by atoms with E-state index < -0.39 is 4.92 Å². The van der Waals surface area contributed by atoms with Gasteiger partial charge in [-0.05, 0) is 19.9 Å². The molecule has 0 aliphatic rings. The number of hydrogen-bond acceptors (Lipinski definition) is 4. The van der Waals surface area contributed by atoms with Crippen molar-refractivity contribution in [1.29, 1.82) is 0 Å². The minimum Gasteiger partial charge on any atom is -0.330 e. The van der Waals surface area contributed by atoms with E-state index in [-0.39, 0.29) is 10.8 Å². The fourth-order valence-corrected chi connectivity index (χ4v) is 1.52. The summed E-state index contributed by atoms with van der Waals surface area (Å²) in [7, 11) is 0. The van der Waals surface area contributed by atoms with Crippen LogP contribution in [0.1, 0.15) is 17.5 Å². The van der Waals surface area contributed by atoms with Crippen LogP contribution in [0.25, 0.3) is 6.08 Å². The number of nitro groups is 1. The average molecular weight is 242 g/mol. The van der Waals surface area contributed by atoms with Crippen LogP contribution in [-0.4, -0.2) is 16.5 Å². The zero-order valence-electron chi connectivity index (χ0n) is 8.81. The molecular weight excluding hydrogens is 230 g/mol. The van der Waals surface area contributed by atoms with E-state index in [0.29, 0.717) is 17.7 Å². The molecule has 0 saturated carbocycles. The smallest absolute Gasteiger partial charge is 0.309 e. The van der Waals surface area contributed by atoms with E-state index in [1.54, 1.807) is 13.0 Å². The maximum atomic E-state index is 10.8. The number of rotatable bonds is 4. The van der Waals surface area contributed by atoms with Crippen LogP contribution in [0.2, 0.25) is 5.15 Å². The van der Waals surface area contributed by atoms with Crippen molar-refractivity contribution in [3.63, 3.8) is 0 Å². The van der Waals surface area contributed by atoms with Crippen LogP contribution in [0.4, 0.5) is 5.69 Å². The molecule has 0 aliphatic heterocycles. The molecule has 1 aromatic heterocycles. The molecule has 0 aromatic carbocycles. The van der Waals surface area contributed by atoms with Crippen molar-refractivity contribution < 1.29 is 4.92 Å². The molecule has 1 aromatic rings. The van der Waals surface area contributed by atoms with Gasteiger partial charge in [0.15, 0.2) is 0 Å². The Balaban J connectivity index is 3.13. The highest BCUT2D eigenvalue weighted by atomic mass is 35.5. The highest BCUT2D eigenvalue weighted by Crippen LogP contribution is 2.28. The van der Waals surface area contributed by atoms with Gasteiger partial charge in [0.1, 0.15) is 0 Å². The Hall–Kier alpha value is -1.46. The Morgan fingerprint density at radius 3 is 2.94 bits per heavy atom. The van der Waals surface area contributed by atoms with Gasteiger partial charge in [-0.25, -0.2) is 4.98 Å². The van der Waals surface area contributed by atoms with E-state index in [0.717, 1.165) is 6.42 Å². The molecular formula is C10H12ClN3O2. The Morgan fingerprint density at radius 2 is 2.38 bits per heavy atom. The first kappa shape index (κ1) is 12.6. The van der Waals surface area contributed by atoms with Crippen molar-refractivity contribution >= 4 is 23.4 Å². The zero-order chi connectivity index (χ0) is 12.1. The number of pyridine rings is 1. The molecule has 86 valence electrons. The van der Waals surface area contributed by atoms with Crippen LogP contribution in [0, 0.1) is 17.0 Å². The Kier molecular flexibility index (Phi) is 4.39. The first-order chi connectivity index (χ1) is 7.57. The maximum Gasteiger partial charge on any atom is 0.309 e. The molecule has 5 nitrogen and oxygen atoms in total. The summed E-state index contributed by atoms with van der Waals surface area (Å²) in [6.45, 7) is 2.19. The molecule has 1 rings (SSSR count). The molecule has 0 fully saturated rings. The van der Waals surface area contributed by atoms with Crippen LogP contribution in [0.3, 0.4) is 0 Å². The van der Waals surface area contributed by atoms with E-state index in [9.17, 15) is 10.1 Å². The van der Waals surface area contributed by atoms with Crippen molar-refractivity contribution in [1.82, 2.24) is 4.98 Å². The second kappa shape index (κ2) is 5.58. The molecule has 0 saturated heterocycles. The minimum absolute atomic E-state index is 0.0847. The normalized spacial score (nSPS) is 10.9. The van der Waals surface area contributed by atoms with Crippen molar-refractivity contribution in [3.05, 3.63) is 38.7 Å². The summed E-state index contributed by atoms with van der Waals surface area (Å²) in [4.78, 5) is 14.0. The summed E-state index contributed by atoms with van der Waals surface area (Å²) in [6.07, 6.45) is 5.84. The fourth-order valence-electron chi connectivity index (χ4n) is 1.26. The van der Waals surface area contributed by atoms with Gasteiger partial charge in [0.25, 0.3) is 0 Å². The second-order valence-electron chi connectivity index (χ2n) is 3.21. The quantitative estimate of drug-likeness (QED) is 0.498. The summed E-state index contributed by atoms with van der Waals surface area (Å²) >= 11 is 5.66. The summed E-state index contributed by atoms with van der Waals surface area (Å²) in [6, 6.07) is 0. The van der Waals surface area contributed by atoms with Crippen LogP contribution in [0.5, 0.6) is 0 Å². The monoisotopic (exact) mass is 241 g/mol. The van der Waals surface area contributed by atoms with Crippen molar-refractivity contribution in [2.75, 3.05) is 6.54 Å². The highest BCUT2D eigenvalue weighted by Gasteiger charge is 2.19. The molecule has 1 heterocycles. The Labute approximate surface area is 98.1 Å². The second-order valence-corrected chi connectivity index (χ2v) is 3.57. The van der Waals surface area contributed by atoms with Crippen LogP contribution in [-0.2, 0) is 0 Å². The predicted molar refractivity (Wildman–Crippen MR) is 63.3 cm³/mol. The molecule has 0 radical (unpaired) electrons. The van der Waals surface area contributed by atoms with Gasteiger partial charge in [-0.2, -0.15) is 0 Å². The van der Waals surface area contributed by atoms with E-state index in [4.69, 9.17) is 17.3 Å². The minimum atomic E-state index is -0.523. The molecule has 0 bridgehead atoms. The first-order valence-electron chi connectivity index (χ1n) is 4.74. The lowest BCUT2D eigenvalue weighted by molar-refractivity contribution is -0.385. The van der Waals surface area contributed by atoms with Gasteiger partial charge in [0.2, 0.25) is 5.15 Å². The van der Waals surface area contributed by atoms with Gasteiger partial charge in [0, 0.05) is 17.3 Å². The average Bonchev–Trinajstić information content (AvgIpc) is 2.21. The number of hydrogen-bond donors (Lipinski definition) is 1. The summed E-state index contributed by atoms with van der Waals surface area (Å²) in [5.74, 6) is 0. The van der Waals surface area contributed by atoms with Crippen LogP contribution >= 0.6 is 11.6 Å². The highest BCUT2D eigenvalue weighted by molar-refractivity contribution is 6.31. The third kappa shape index (κ3) is 2.77. The molecule has 0 aliphatic carbocycles. The summed E-state index contributed by atoms with van der Waals surface area (Å²) in [5.41, 5.74) is 6.39. The third-order valence-corrected chi connectivity index (χ3v) is 2.39. The zero-order valence-corrected chi connectivity index (χ0v) is 9.57. The van der Waals surface area contributed by atoms with Crippen molar-refractivity contribution in [2.45, 2.75) is 13.3 Å². The molecule has 16 heavy (non-hydrogen) atoms. The molecule has 0 spiro atoms. The van der Waals surface area contributed by atoms with E-state index in [2.05, 4.69) is 4.98 Å². The van der Waals surface area contributed by atoms with E-state index in [1.807, 2.05) is 6.08 Å². The largest absolute Gasteiger partial charge is 0.330 e. The topological polar surface area (TPSA) is 82.0 Å². The van der Waals surface area contributed by atoms with Gasteiger partial charge in [-0.3, -0.25) is 10.1 Å². The third-order valence-electron chi connectivity index (χ3n) is 2.11. The van der Waals surface area contributed by atoms with E-state index >= 15 is 0 Å². The van der Waals surface area contributed by atoms with Gasteiger partial charge in [0.05, 0.1) is 4.92 Å². The van der Waals surface area contributed by atoms with Crippen LogP contribution in [0.15, 0.2) is 12.3 Å². The summed E-state index contributed by atoms with van der Waals surface area (Å²) in [5, 5.41) is 10.7. The molecule has 0 unspecified atom stereocenters. The summed E-state index contributed by atoms with van der Waals surface area (Å²) < 4.78 is 0. The lowest BCUT2D eigenvalue weighted by Crippen LogP contribution is -1.98. The van der Waals surface area contributed by atoms with Crippen molar-refractivity contribution in [2.24, 2.45) is 5.73 Å². The molecule has 6 heteroatoms. The Morgan fingerprint density at radius 1 is 1.69 bits per heavy atom. The predicted octanol–water partition coefficient (Wildman–Crippen LogP) is 2.31. The SMILES string of the molecule is Cc1c(C=CCCN)cnc(Cl)c1[N+](=O)[O-]. The standard InChI is InChI=1S/C10H12ClN3O2/c1-7-8(4-2-3-5-12)6-13-10(11)9(7)14(15)16/h2,4,6H,3,5,12H2,1H3. The molecule has 2 N–H and O–H groups in total. The lowest BCUT2D eigenvalue weighted by Gasteiger charge is -2.02. The number of halogens is 1. The number of aromatic nitrogens is 1. The van der Waals surface area contributed by atoms with E-state index in [1.165, 1.54) is 6.20 Å². The van der Waals surface area contributed by atoms with Gasteiger partial charge in [-0.15, -0.1) is 0 Å². The first-order valence-corrected chi connectivity index (χ1v) is 5.11. The Bertz CT molecular complexity index is 432. The van der Waals surface area contributed by atoms with Crippen molar-refractivity contribution in [3.8, 4) is 0 Å². The van der Waals surface area contributed by atoms with Gasteiger partial charge >= 0.3 is 5.69 Å².